The maximum Gasteiger partial charge on any atom is 0.272 e. The topological polar surface area (TPSA) is 50.7 Å². The molecule has 0 aliphatic heterocycles. The van der Waals surface area contributed by atoms with Gasteiger partial charge in [0.25, 0.3) is 5.91 Å². The minimum absolute atomic E-state index is 0.259. The first kappa shape index (κ1) is 20.4. The smallest absolute Gasteiger partial charge is 0.272 e. The van der Waals surface area contributed by atoms with Crippen molar-refractivity contribution in [2.24, 2.45) is 5.10 Å². The van der Waals surface area contributed by atoms with Crippen LogP contribution in [0.15, 0.2) is 76.3 Å². The first-order valence-electron chi connectivity index (χ1n) is 8.27. The van der Waals surface area contributed by atoms with E-state index in [2.05, 4.69) is 26.5 Å². The summed E-state index contributed by atoms with van der Waals surface area (Å²) >= 11 is 15.3. The molecule has 0 unspecified atom stereocenters. The molecule has 4 nitrogen and oxygen atoms in total. The average Bonchev–Trinajstić information content (AvgIpc) is 2.68. The molecule has 1 N–H and O–H groups in total. The molecule has 3 rings (SSSR count). The fourth-order valence-electron chi connectivity index (χ4n) is 2.38. The average molecular weight is 478 g/mol. The summed E-state index contributed by atoms with van der Waals surface area (Å²) in [5, 5.41) is 4.74. The van der Waals surface area contributed by atoms with Crippen molar-refractivity contribution in [3.05, 3.63) is 97.9 Å². The number of rotatable bonds is 6. The highest BCUT2D eigenvalue weighted by molar-refractivity contribution is 9.10. The zero-order valence-corrected chi connectivity index (χ0v) is 17.6. The van der Waals surface area contributed by atoms with Gasteiger partial charge in [0.1, 0.15) is 12.4 Å². The van der Waals surface area contributed by atoms with Gasteiger partial charge >= 0.3 is 0 Å². The predicted octanol–water partition coefficient (Wildman–Crippen LogP) is 6.10. The van der Waals surface area contributed by atoms with Gasteiger partial charge in [-0.25, -0.2) is 5.43 Å². The molecule has 28 heavy (non-hydrogen) atoms. The summed E-state index contributed by atoms with van der Waals surface area (Å²) < 4.78 is 6.76. The standard InChI is InChI=1S/C21H15BrCl2N2O2/c22-16-6-9-20(28-13-14-4-2-1-3-5-14)15(10-16)12-25-26-21(27)18-8-7-17(23)11-19(18)24/h1-12H,13H2,(H,26,27)/b25-12-. The van der Waals surface area contributed by atoms with E-state index in [4.69, 9.17) is 27.9 Å². The van der Waals surface area contributed by atoms with E-state index in [0.717, 1.165) is 10.0 Å². The lowest BCUT2D eigenvalue weighted by Crippen LogP contribution is -2.18. The van der Waals surface area contributed by atoms with Gasteiger partial charge in [-0.15, -0.1) is 0 Å². The quantitative estimate of drug-likeness (QED) is 0.344. The van der Waals surface area contributed by atoms with E-state index >= 15 is 0 Å². The number of nitrogens with zero attached hydrogens (tertiary/aromatic N) is 1. The van der Waals surface area contributed by atoms with Gasteiger partial charge in [0, 0.05) is 15.1 Å². The zero-order valence-electron chi connectivity index (χ0n) is 14.5. The molecule has 7 heteroatoms. The zero-order chi connectivity index (χ0) is 19.9. The van der Waals surface area contributed by atoms with Crippen molar-refractivity contribution in [3.63, 3.8) is 0 Å². The number of halogens is 3. The lowest BCUT2D eigenvalue weighted by Gasteiger charge is -2.10. The third-order valence-electron chi connectivity index (χ3n) is 3.75. The van der Waals surface area contributed by atoms with Crippen LogP contribution in [0.4, 0.5) is 0 Å². The molecule has 0 aliphatic rings. The van der Waals surface area contributed by atoms with Crippen LogP contribution in [0.3, 0.4) is 0 Å². The monoisotopic (exact) mass is 476 g/mol. The molecule has 0 aromatic heterocycles. The fourth-order valence-corrected chi connectivity index (χ4v) is 3.25. The molecule has 3 aromatic carbocycles. The molecule has 0 aliphatic carbocycles. The maximum atomic E-state index is 12.2. The lowest BCUT2D eigenvalue weighted by atomic mass is 10.2. The van der Waals surface area contributed by atoms with Crippen molar-refractivity contribution in [3.8, 4) is 5.75 Å². The molecule has 0 fully saturated rings. The Hall–Kier alpha value is -2.34. The molecule has 0 bridgehead atoms. The van der Waals surface area contributed by atoms with E-state index in [1.54, 1.807) is 12.1 Å². The number of nitrogens with one attached hydrogen (secondary N) is 1. The number of hydrogen-bond donors (Lipinski definition) is 1. The van der Waals surface area contributed by atoms with Gasteiger partial charge in [0.15, 0.2) is 0 Å². The molecule has 0 spiro atoms. The molecule has 3 aromatic rings. The van der Waals surface area contributed by atoms with E-state index < -0.39 is 5.91 Å². The molecular formula is C21H15BrCl2N2O2. The summed E-state index contributed by atoms with van der Waals surface area (Å²) in [6.45, 7) is 0.427. The van der Waals surface area contributed by atoms with Crippen LogP contribution in [0.1, 0.15) is 21.5 Å². The lowest BCUT2D eigenvalue weighted by molar-refractivity contribution is 0.0955. The van der Waals surface area contributed by atoms with Crippen LogP contribution in [0.5, 0.6) is 5.75 Å². The number of benzene rings is 3. The Morgan fingerprint density at radius 2 is 1.86 bits per heavy atom. The summed E-state index contributed by atoms with van der Waals surface area (Å²) in [5.41, 5.74) is 4.52. The normalized spacial score (nSPS) is 10.8. The highest BCUT2D eigenvalue weighted by Gasteiger charge is 2.10. The van der Waals surface area contributed by atoms with E-state index in [0.29, 0.717) is 22.9 Å². The molecule has 0 heterocycles. The van der Waals surface area contributed by atoms with Crippen LogP contribution in [0.2, 0.25) is 10.0 Å². The van der Waals surface area contributed by atoms with Gasteiger partial charge in [-0.05, 0) is 42.0 Å². The van der Waals surface area contributed by atoms with Crippen molar-refractivity contribution >= 4 is 51.3 Å². The first-order chi connectivity index (χ1) is 13.5. The minimum atomic E-state index is -0.431. The van der Waals surface area contributed by atoms with Crippen molar-refractivity contribution in [1.29, 1.82) is 0 Å². The number of ether oxygens (including phenoxy) is 1. The van der Waals surface area contributed by atoms with Crippen molar-refractivity contribution in [2.45, 2.75) is 6.61 Å². The Morgan fingerprint density at radius 3 is 2.61 bits per heavy atom. The molecule has 0 saturated heterocycles. The SMILES string of the molecule is O=C(N/N=C\c1cc(Br)ccc1OCc1ccccc1)c1ccc(Cl)cc1Cl. The third-order valence-corrected chi connectivity index (χ3v) is 4.80. The second-order valence-corrected chi connectivity index (χ2v) is 7.54. The van der Waals surface area contributed by atoms with Gasteiger partial charge in [0.05, 0.1) is 16.8 Å². The Kier molecular flexibility index (Phi) is 7.09. The molecule has 0 atom stereocenters. The Bertz CT molecular complexity index is 1010. The second kappa shape index (κ2) is 9.73. The number of hydrazone groups is 1. The van der Waals surface area contributed by atoms with Crippen LogP contribution >= 0.6 is 39.1 Å². The summed E-state index contributed by atoms with van der Waals surface area (Å²) in [5.74, 6) is 0.217. The minimum Gasteiger partial charge on any atom is -0.488 e. The van der Waals surface area contributed by atoms with Crippen LogP contribution in [0.25, 0.3) is 0 Å². The fraction of sp³-hybridized carbons (Fsp3) is 0.0476. The van der Waals surface area contributed by atoms with E-state index in [-0.39, 0.29) is 10.6 Å². The number of hydrogen-bond acceptors (Lipinski definition) is 3. The van der Waals surface area contributed by atoms with E-state index in [1.165, 1.54) is 12.3 Å². The summed E-state index contributed by atoms with van der Waals surface area (Å²) in [4.78, 5) is 12.2. The Morgan fingerprint density at radius 1 is 1.07 bits per heavy atom. The molecule has 0 saturated carbocycles. The van der Waals surface area contributed by atoms with Crippen LogP contribution in [0, 0.1) is 0 Å². The highest BCUT2D eigenvalue weighted by atomic mass is 79.9. The highest BCUT2D eigenvalue weighted by Crippen LogP contribution is 2.23. The van der Waals surface area contributed by atoms with Crippen LogP contribution in [-0.2, 0) is 6.61 Å². The number of carbonyl (C=O) groups excluding carboxylic acids is 1. The van der Waals surface area contributed by atoms with Gasteiger partial charge < -0.3 is 4.74 Å². The molecule has 142 valence electrons. The number of carbonyl (C=O) groups is 1. The molecule has 0 radical (unpaired) electrons. The Labute approximate surface area is 181 Å². The maximum absolute atomic E-state index is 12.2. The molecule has 1 amide bonds. The van der Waals surface area contributed by atoms with Crippen molar-refractivity contribution < 1.29 is 9.53 Å². The van der Waals surface area contributed by atoms with E-state index in [9.17, 15) is 4.79 Å². The molecular weight excluding hydrogens is 463 g/mol. The van der Waals surface area contributed by atoms with Gasteiger partial charge in [-0.1, -0.05) is 69.5 Å². The Balaban J connectivity index is 1.70. The largest absolute Gasteiger partial charge is 0.488 e. The van der Waals surface area contributed by atoms with Crippen LogP contribution < -0.4 is 10.2 Å². The number of amides is 1. The predicted molar refractivity (Wildman–Crippen MR) is 116 cm³/mol. The summed E-state index contributed by atoms with van der Waals surface area (Å²) in [7, 11) is 0. The van der Waals surface area contributed by atoms with Gasteiger partial charge in [0.2, 0.25) is 0 Å². The summed E-state index contributed by atoms with van der Waals surface area (Å²) in [6.07, 6.45) is 1.52. The first-order valence-corrected chi connectivity index (χ1v) is 9.82. The van der Waals surface area contributed by atoms with Crippen molar-refractivity contribution in [1.82, 2.24) is 5.43 Å². The second-order valence-electron chi connectivity index (χ2n) is 5.78. The van der Waals surface area contributed by atoms with Crippen LogP contribution in [-0.4, -0.2) is 12.1 Å². The third kappa shape index (κ3) is 5.58. The van der Waals surface area contributed by atoms with Crippen molar-refractivity contribution in [2.75, 3.05) is 0 Å². The van der Waals surface area contributed by atoms with Gasteiger partial charge in [-0.3, -0.25) is 4.79 Å². The summed E-state index contributed by atoms with van der Waals surface area (Å²) in [6, 6.07) is 20.1. The van der Waals surface area contributed by atoms with Gasteiger partial charge in [-0.2, -0.15) is 5.10 Å². The van der Waals surface area contributed by atoms with E-state index in [1.807, 2.05) is 48.5 Å².